The molecule has 130 valence electrons. The number of anilines is 1. The summed E-state index contributed by atoms with van der Waals surface area (Å²) in [4.78, 5) is 26.4. The summed E-state index contributed by atoms with van der Waals surface area (Å²) < 4.78 is 24.2. The summed E-state index contributed by atoms with van der Waals surface area (Å²) in [5.74, 6) is -0.756. The highest BCUT2D eigenvalue weighted by Gasteiger charge is 2.42. The van der Waals surface area contributed by atoms with E-state index in [4.69, 9.17) is 0 Å². The molecule has 24 heavy (non-hydrogen) atoms. The molecule has 2 amide bonds. The Hall–Kier alpha value is -1.41. The molecule has 2 atom stereocenters. The van der Waals surface area contributed by atoms with Gasteiger partial charge in [0.15, 0.2) is 9.84 Å². The predicted molar refractivity (Wildman–Crippen MR) is 94.4 cm³/mol. The van der Waals surface area contributed by atoms with Gasteiger partial charge < -0.3 is 10.2 Å². The predicted octanol–water partition coefficient (Wildman–Crippen LogP) is 1.50. The van der Waals surface area contributed by atoms with Crippen LogP contribution in [0.4, 0.5) is 5.69 Å². The zero-order valence-corrected chi connectivity index (χ0v) is 15.7. The molecule has 0 unspecified atom stereocenters. The van der Waals surface area contributed by atoms with Crippen molar-refractivity contribution in [1.82, 2.24) is 5.32 Å². The molecule has 0 bridgehead atoms. The maximum absolute atomic E-state index is 12.5. The molecular formula is C16H19BrN2O4S. The Balaban J connectivity index is 1.68. The number of carbonyl (C=O) groups is 2. The van der Waals surface area contributed by atoms with Crippen LogP contribution in [0.2, 0.25) is 0 Å². The van der Waals surface area contributed by atoms with E-state index in [9.17, 15) is 18.0 Å². The first kappa shape index (κ1) is 17.4. The van der Waals surface area contributed by atoms with Gasteiger partial charge >= 0.3 is 0 Å². The molecule has 6 nitrogen and oxygen atoms in total. The largest absolute Gasteiger partial charge is 0.350 e. The van der Waals surface area contributed by atoms with Crippen molar-refractivity contribution >= 4 is 43.3 Å². The summed E-state index contributed by atoms with van der Waals surface area (Å²) in [7, 11) is -3.09. The van der Waals surface area contributed by atoms with E-state index in [-0.39, 0.29) is 29.7 Å². The Labute approximate surface area is 149 Å². The van der Waals surface area contributed by atoms with Gasteiger partial charge in [0.2, 0.25) is 11.8 Å². The number of nitrogens with zero attached hydrogens (tertiary/aromatic N) is 1. The summed E-state index contributed by atoms with van der Waals surface area (Å²) in [6.07, 6.45) is 0.554. The lowest BCUT2D eigenvalue weighted by Crippen LogP contribution is -2.49. The van der Waals surface area contributed by atoms with Gasteiger partial charge in [0, 0.05) is 23.1 Å². The molecule has 1 N–H and O–H groups in total. The van der Waals surface area contributed by atoms with E-state index in [0.717, 1.165) is 10.2 Å². The monoisotopic (exact) mass is 414 g/mol. The van der Waals surface area contributed by atoms with Crippen LogP contribution in [0.1, 0.15) is 19.8 Å². The summed E-state index contributed by atoms with van der Waals surface area (Å²) in [6, 6.07) is 7.37. The Bertz CT molecular complexity index is 795. The van der Waals surface area contributed by atoms with E-state index in [1.807, 2.05) is 24.3 Å². The quantitative estimate of drug-likeness (QED) is 0.811. The number of sulfone groups is 1. The van der Waals surface area contributed by atoms with Crippen molar-refractivity contribution in [3.63, 3.8) is 0 Å². The van der Waals surface area contributed by atoms with Crippen molar-refractivity contribution < 1.29 is 18.0 Å². The van der Waals surface area contributed by atoms with Gasteiger partial charge in [-0.3, -0.25) is 9.59 Å². The van der Waals surface area contributed by atoms with E-state index >= 15 is 0 Å². The minimum Gasteiger partial charge on any atom is -0.350 e. The van der Waals surface area contributed by atoms with E-state index in [1.54, 1.807) is 11.8 Å². The molecule has 8 heteroatoms. The van der Waals surface area contributed by atoms with Crippen LogP contribution >= 0.6 is 15.9 Å². The first-order chi connectivity index (χ1) is 11.2. The number of nitrogens with one attached hydrogen (secondary N) is 1. The minimum absolute atomic E-state index is 0.0399. The first-order valence-electron chi connectivity index (χ1n) is 7.76. The Morgan fingerprint density at radius 1 is 1.42 bits per heavy atom. The van der Waals surface area contributed by atoms with Crippen LogP contribution in [0.3, 0.4) is 0 Å². The molecule has 0 saturated carbocycles. The third-order valence-corrected chi connectivity index (χ3v) is 6.94. The van der Waals surface area contributed by atoms with Gasteiger partial charge in [0.25, 0.3) is 0 Å². The Morgan fingerprint density at radius 2 is 2.17 bits per heavy atom. The smallest absolute Gasteiger partial charge is 0.227 e. The van der Waals surface area contributed by atoms with Crippen molar-refractivity contribution in [2.75, 3.05) is 23.0 Å². The number of amides is 2. The molecule has 2 aliphatic rings. The lowest BCUT2D eigenvalue weighted by molar-refractivity contribution is -0.127. The average molecular weight is 415 g/mol. The molecule has 0 radical (unpaired) electrons. The molecule has 2 fully saturated rings. The maximum atomic E-state index is 12.5. The van der Waals surface area contributed by atoms with Crippen LogP contribution in [0, 0.1) is 5.92 Å². The minimum atomic E-state index is -3.09. The van der Waals surface area contributed by atoms with Gasteiger partial charge in [-0.05, 0) is 31.5 Å². The number of halogens is 1. The zero-order valence-electron chi connectivity index (χ0n) is 13.3. The fraction of sp³-hybridized carbons (Fsp3) is 0.500. The maximum Gasteiger partial charge on any atom is 0.227 e. The van der Waals surface area contributed by atoms with Crippen LogP contribution in [0.25, 0.3) is 0 Å². The van der Waals surface area contributed by atoms with Crippen molar-refractivity contribution in [1.29, 1.82) is 0 Å². The fourth-order valence-electron chi connectivity index (χ4n) is 3.29. The van der Waals surface area contributed by atoms with Gasteiger partial charge in [-0.2, -0.15) is 0 Å². The molecule has 2 saturated heterocycles. The first-order valence-corrected chi connectivity index (χ1v) is 10.4. The molecule has 2 heterocycles. The van der Waals surface area contributed by atoms with Crippen LogP contribution < -0.4 is 10.2 Å². The molecule has 3 rings (SSSR count). The van der Waals surface area contributed by atoms with Crippen LogP contribution in [-0.4, -0.2) is 43.8 Å². The number of rotatable bonds is 3. The zero-order chi connectivity index (χ0) is 17.5. The van der Waals surface area contributed by atoms with E-state index in [1.165, 1.54) is 0 Å². The second-order valence-electron chi connectivity index (χ2n) is 6.78. The summed E-state index contributed by atoms with van der Waals surface area (Å²) in [5, 5.41) is 2.85. The normalized spacial score (nSPS) is 29.0. The average Bonchev–Trinajstić information content (AvgIpc) is 2.99. The second kappa shape index (κ2) is 6.15. The summed E-state index contributed by atoms with van der Waals surface area (Å²) >= 11 is 3.38. The highest BCUT2D eigenvalue weighted by atomic mass is 79.9. The molecule has 1 aromatic carbocycles. The lowest BCUT2D eigenvalue weighted by atomic mass is 9.99. The highest BCUT2D eigenvalue weighted by Crippen LogP contribution is 2.29. The van der Waals surface area contributed by atoms with Gasteiger partial charge in [0.05, 0.1) is 23.0 Å². The fourth-order valence-corrected chi connectivity index (χ4v) is 5.77. The van der Waals surface area contributed by atoms with Crippen molar-refractivity contribution in [3.8, 4) is 0 Å². The van der Waals surface area contributed by atoms with Crippen LogP contribution in [0.5, 0.6) is 0 Å². The number of hydrogen-bond donors (Lipinski definition) is 1. The highest BCUT2D eigenvalue weighted by molar-refractivity contribution is 9.10. The van der Waals surface area contributed by atoms with Gasteiger partial charge in [-0.25, -0.2) is 8.42 Å². The molecule has 1 aromatic rings. The number of benzene rings is 1. The van der Waals surface area contributed by atoms with E-state index in [0.29, 0.717) is 13.0 Å². The van der Waals surface area contributed by atoms with E-state index in [2.05, 4.69) is 21.2 Å². The summed E-state index contributed by atoms with van der Waals surface area (Å²) in [6.45, 7) is 2.06. The molecular weight excluding hydrogens is 396 g/mol. The van der Waals surface area contributed by atoms with Crippen LogP contribution in [0.15, 0.2) is 28.7 Å². The van der Waals surface area contributed by atoms with E-state index < -0.39 is 21.3 Å². The molecule has 0 aliphatic carbocycles. The van der Waals surface area contributed by atoms with Gasteiger partial charge in [-0.1, -0.05) is 22.0 Å². The number of hydrogen-bond acceptors (Lipinski definition) is 4. The van der Waals surface area contributed by atoms with Crippen LogP contribution in [-0.2, 0) is 19.4 Å². The van der Waals surface area contributed by atoms with Gasteiger partial charge in [-0.15, -0.1) is 0 Å². The van der Waals surface area contributed by atoms with Crippen molar-refractivity contribution in [2.24, 2.45) is 5.92 Å². The van der Waals surface area contributed by atoms with Crippen molar-refractivity contribution in [3.05, 3.63) is 28.7 Å². The number of carbonyl (C=O) groups excluding carboxylic acids is 2. The molecule has 0 aromatic heterocycles. The third kappa shape index (κ3) is 3.64. The Morgan fingerprint density at radius 3 is 2.79 bits per heavy atom. The topological polar surface area (TPSA) is 83.6 Å². The SMILES string of the molecule is C[C@@]1(NC(=O)[C@@H]2CC(=O)N(c3cccc(Br)c3)C2)CCS(=O)(=O)C1. The standard InChI is InChI=1S/C16H19BrN2O4S/c1-16(5-6-24(22,23)10-16)18-15(21)11-7-14(20)19(9-11)13-4-2-3-12(17)8-13/h2-4,8,11H,5-7,9-10H2,1H3,(H,18,21)/t11-,16-/m1/s1. The Kier molecular flexibility index (Phi) is 4.46. The molecule has 0 spiro atoms. The molecule has 2 aliphatic heterocycles. The lowest BCUT2D eigenvalue weighted by Gasteiger charge is -2.25. The third-order valence-electron chi connectivity index (χ3n) is 4.54. The van der Waals surface area contributed by atoms with Crippen molar-refractivity contribution in [2.45, 2.75) is 25.3 Å². The second-order valence-corrected chi connectivity index (χ2v) is 9.88. The summed E-state index contributed by atoms with van der Waals surface area (Å²) in [5.41, 5.74) is 0.0154. The van der Waals surface area contributed by atoms with Gasteiger partial charge in [0.1, 0.15) is 0 Å².